The number of aliphatic hydroxyl groups is 2. The lowest BCUT2D eigenvalue weighted by molar-refractivity contribution is 0.199. The molecule has 1 aromatic carbocycles. The summed E-state index contributed by atoms with van der Waals surface area (Å²) in [7, 11) is 0. The minimum atomic E-state index is -0.663. The number of hydrogen-bond donors (Lipinski definition) is 2. The number of halogens is 1. The molecule has 4 heteroatoms. The van der Waals surface area contributed by atoms with Crippen molar-refractivity contribution in [3.8, 4) is 0 Å². The zero-order chi connectivity index (χ0) is 13.1. The molecule has 0 unspecified atom stereocenters. The third-order valence-electron chi connectivity index (χ3n) is 3.62. The number of aliphatic hydroxyl groups excluding tert-OH is 2. The van der Waals surface area contributed by atoms with Crippen LogP contribution in [-0.4, -0.2) is 29.4 Å². The second-order valence-electron chi connectivity index (χ2n) is 4.89. The summed E-state index contributed by atoms with van der Waals surface area (Å²) in [4.78, 5) is 1.94. The highest BCUT2D eigenvalue weighted by Gasteiger charge is 2.26. The van der Waals surface area contributed by atoms with Crippen LogP contribution in [0.5, 0.6) is 0 Å². The predicted molar refractivity (Wildman–Crippen MR) is 69.1 cm³/mol. The summed E-state index contributed by atoms with van der Waals surface area (Å²) in [5.41, 5.74) is 1.10. The summed E-state index contributed by atoms with van der Waals surface area (Å²) in [6, 6.07) is 5.16. The van der Waals surface area contributed by atoms with Crippen LogP contribution < -0.4 is 4.90 Å². The van der Waals surface area contributed by atoms with Crippen molar-refractivity contribution in [1.82, 2.24) is 0 Å². The minimum Gasteiger partial charge on any atom is -0.395 e. The van der Waals surface area contributed by atoms with Gasteiger partial charge in [-0.15, -0.1) is 0 Å². The van der Waals surface area contributed by atoms with Gasteiger partial charge in [0.05, 0.1) is 18.4 Å². The molecule has 1 atom stereocenters. The molecule has 2 rings (SSSR count). The molecule has 3 nitrogen and oxygen atoms in total. The second kappa shape index (κ2) is 5.67. The van der Waals surface area contributed by atoms with Crippen LogP contribution in [0.15, 0.2) is 18.2 Å². The van der Waals surface area contributed by atoms with Gasteiger partial charge in [-0.05, 0) is 43.9 Å². The van der Waals surface area contributed by atoms with Crippen LogP contribution in [0, 0.1) is 5.82 Å². The normalized spacial score (nSPS) is 17.3. The van der Waals surface area contributed by atoms with Crippen molar-refractivity contribution < 1.29 is 14.6 Å². The number of nitrogens with zero attached hydrogens (tertiary/aromatic N) is 1. The van der Waals surface area contributed by atoms with Crippen molar-refractivity contribution in [2.24, 2.45) is 0 Å². The Morgan fingerprint density at radius 3 is 2.61 bits per heavy atom. The summed E-state index contributed by atoms with van der Waals surface area (Å²) in [5.74, 6) is -0.325. The molecule has 1 aliphatic rings. The molecule has 1 aliphatic carbocycles. The van der Waals surface area contributed by atoms with Crippen molar-refractivity contribution in [3.05, 3.63) is 29.6 Å². The van der Waals surface area contributed by atoms with Gasteiger partial charge in [0.25, 0.3) is 0 Å². The van der Waals surface area contributed by atoms with Crippen molar-refractivity contribution >= 4 is 5.69 Å². The van der Waals surface area contributed by atoms with Crippen LogP contribution in [0.2, 0.25) is 0 Å². The van der Waals surface area contributed by atoms with Crippen LogP contribution in [-0.2, 0) is 0 Å². The molecule has 1 saturated carbocycles. The average Bonchev–Trinajstić information content (AvgIpc) is 2.26. The van der Waals surface area contributed by atoms with Crippen LogP contribution in [0.4, 0.5) is 10.1 Å². The topological polar surface area (TPSA) is 43.7 Å². The van der Waals surface area contributed by atoms with E-state index in [1.807, 2.05) is 4.90 Å². The Labute approximate surface area is 107 Å². The van der Waals surface area contributed by atoms with E-state index >= 15 is 0 Å². The van der Waals surface area contributed by atoms with Gasteiger partial charge in [0, 0.05) is 12.6 Å². The zero-order valence-corrected chi connectivity index (χ0v) is 10.6. The van der Waals surface area contributed by atoms with E-state index in [2.05, 4.69) is 0 Å². The van der Waals surface area contributed by atoms with E-state index < -0.39 is 6.10 Å². The summed E-state index contributed by atoms with van der Waals surface area (Å²) in [6.45, 7) is 2.09. The Balaban J connectivity index is 2.23. The molecule has 18 heavy (non-hydrogen) atoms. The standard InChI is InChI=1S/C14H20FNO2/c1-10(18)11-5-6-14(13(15)9-11)16(7-8-17)12-3-2-4-12/h5-6,9-10,12,17-18H,2-4,7-8H2,1H3/t10-/m1/s1. The Morgan fingerprint density at radius 2 is 2.17 bits per heavy atom. The lowest BCUT2D eigenvalue weighted by atomic mass is 9.91. The van der Waals surface area contributed by atoms with Gasteiger partial charge in [-0.1, -0.05) is 6.07 Å². The largest absolute Gasteiger partial charge is 0.395 e. The Hall–Kier alpha value is -1.13. The van der Waals surface area contributed by atoms with Gasteiger partial charge in [0.15, 0.2) is 0 Å². The van der Waals surface area contributed by atoms with Crippen molar-refractivity contribution in [1.29, 1.82) is 0 Å². The third-order valence-corrected chi connectivity index (χ3v) is 3.62. The molecule has 0 amide bonds. The van der Waals surface area contributed by atoms with Gasteiger partial charge in [-0.3, -0.25) is 0 Å². The Bertz CT molecular complexity index is 405. The van der Waals surface area contributed by atoms with Crippen LogP contribution in [0.25, 0.3) is 0 Å². The van der Waals surface area contributed by atoms with E-state index in [9.17, 15) is 9.50 Å². The zero-order valence-electron chi connectivity index (χ0n) is 10.6. The first-order valence-electron chi connectivity index (χ1n) is 6.48. The van der Waals surface area contributed by atoms with Crippen LogP contribution in [0.3, 0.4) is 0 Å². The first-order chi connectivity index (χ1) is 8.63. The first kappa shape index (κ1) is 13.3. The highest BCUT2D eigenvalue weighted by Crippen LogP contribution is 2.31. The minimum absolute atomic E-state index is 0.0219. The van der Waals surface area contributed by atoms with Gasteiger partial charge >= 0.3 is 0 Å². The van der Waals surface area contributed by atoms with E-state index in [1.165, 1.54) is 12.5 Å². The molecule has 0 heterocycles. The van der Waals surface area contributed by atoms with Crippen molar-refractivity contribution in [2.75, 3.05) is 18.1 Å². The Kier molecular flexibility index (Phi) is 4.19. The van der Waals surface area contributed by atoms with Crippen LogP contribution >= 0.6 is 0 Å². The van der Waals surface area contributed by atoms with E-state index in [-0.39, 0.29) is 12.4 Å². The van der Waals surface area contributed by atoms with Gasteiger partial charge in [-0.2, -0.15) is 0 Å². The van der Waals surface area contributed by atoms with E-state index in [1.54, 1.807) is 19.1 Å². The summed E-state index contributed by atoms with van der Waals surface area (Å²) >= 11 is 0. The summed E-state index contributed by atoms with van der Waals surface area (Å²) < 4.78 is 14.1. The maximum absolute atomic E-state index is 14.1. The van der Waals surface area contributed by atoms with Crippen molar-refractivity contribution in [2.45, 2.75) is 38.3 Å². The van der Waals surface area contributed by atoms with Gasteiger partial charge in [-0.25, -0.2) is 4.39 Å². The maximum Gasteiger partial charge on any atom is 0.146 e. The fourth-order valence-electron chi connectivity index (χ4n) is 2.32. The number of anilines is 1. The molecule has 1 aromatic rings. The summed E-state index contributed by atoms with van der Waals surface area (Å²) in [5, 5.41) is 18.5. The Morgan fingerprint density at radius 1 is 1.44 bits per heavy atom. The molecule has 1 fully saturated rings. The number of benzene rings is 1. The molecule has 100 valence electrons. The summed E-state index contributed by atoms with van der Waals surface area (Å²) in [6.07, 6.45) is 2.61. The molecule has 0 aromatic heterocycles. The lowest BCUT2D eigenvalue weighted by Crippen LogP contribution is -2.42. The van der Waals surface area contributed by atoms with Gasteiger partial charge in [0.2, 0.25) is 0 Å². The number of rotatable bonds is 5. The van der Waals surface area contributed by atoms with Crippen LogP contribution in [0.1, 0.15) is 37.9 Å². The molecule has 0 saturated heterocycles. The van der Waals surface area contributed by atoms with Gasteiger partial charge < -0.3 is 15.1 Å². The first-order valence-corrected chi connectivity index (χ1v) is 6.48. The fraction of sp³-hybridized carbons (Fsp3) is 0.571. The lowest BCUT2D eigenvalue weighted by Gasteiger charge is -2.39. The monoisotopic (exact) mass is 253 g/mol. The molecule has 0 radical (unpaired) electrons. The smallest absolute Gasteiger partial charge is 0.146 e. The molecule has 0 spiro atoms. The molecule has 2 N–H and O–H groups in total. The molecule has 0 bridgehead atoms. The van der Waals surface area contributed by atoms with E-state index in [0.29, 0.717) is 23.8 Å². The number of hydrogen-bond acceptors (Lipinski definition) is 3. The third kappa shape index (κ3) is 2.65. The highest BCUT2D eigenvalue weighted by atomic mass is 19.1. The quantitative estimate of drug-likeness (QED) is 0.845. The van der Waals surface area contributed by atoms with Gasteiger partial charge in [0.1, 0.15) is 5.82 Å². The maximum atomic E-state index is 14.1. The van der Waals surface area contributed by atoms with Crippen molar-refractivity contribution in [3.63, 3.8) is 0 Å². The molecule has 0 aliphatic heterocycles. The molecular weight excluding hydrogens is 233 g/mol. The van der Waals surface area contributed by atoms with E-state index in [4.69, 9.17) is 5.11 Å². The predicted octanol–water partition coefficient (Wildman–Crippen LogP) is 2.23. The second-order valence-corrected chi connectivity index (χ2v) is 4.89. The molecular formula is C14H20FNO2. The highest BCUT2D eigenvalue weighted by molar-refractivity contribution is 5.50. The fourth-order valence-corrected chi connectivity index (χ4v) is 2.32. The SMILES string of the molecule is C[C@@H](O)c1ccc(N(CCO)C2CCC2)c(F)c1. The van der Waals surface area contributed by atoms with E-state index in [0.717, 1.165) is 12.8 Å². The average molecular weight is 253 g/mol.